The molecule has 0 aromatic carbocycles. The highest BCUT2D eigenvalue weighted by Crippen LogP contribution is 2.50. The highest BCUT2D eigenvalue weighted by molar-refractivity contribution is 5.95. The number of esters is 1. The van der Waals surface area contributed by atoms with E-state index in [-0.39, 0.29) is 17.8 Å². The Bertz CT molecular complexity index is 563. The highest BCUT2D eigenvalue weighted by atomic mass is 16.5. The zero-order chi connectivity index (χ0) is 16.4. The van der Waals surface area contributed by atoms with E-state index in [4.69, 9.17) is 4.74 Å². The van der Waals surface area contributed by atoms with Crippen molar-refractivity contribution in [2.24, 2.45) is 17.8 Å². The summed E-state index contributed by atoms with van der Waals surface area (Å²) in [4.78, 5) is 25.1. The van der Waals surface area contributed by atoms with Gasteiger partial charge in [0, 0.05) is 12.7 Å². The van der Waals surface area contributed by atoms with Gasteiger partial charge in [0.2, 0.25) is 0 Å². The molecule has 0 bridgehead atoms. The molecule has 23 heavy (non-hydrogen) atoms. The van der Waals surface area contributed by atoms with Gasteiger partial charge in [0.1, 0.15) is 11.7 Å². The number of hydrogen-bond acceptors (Lipinski definition) is 4. The Morgan fingerprint density at radius 2 is 1.96 bits per heavy atom. The molecule has 2 aliphatic carbocycles. The van der Waals surface area contributed by atoms with E-state index in [1.165, 1.54) is 0 Å². The number of aromatic nitrogens is 2. The summed E-state index contributed by atoms with van der Waals surface area (Å²) in [5.74, 6) is 0.776. The first-order valence-corrected chi connectivity index (χ1v) is 8.65. The smallest absolute Gasteiger partial charge is 0.328 e. The lowest BCUT2D eigenvalue weighted by atomic mass is 9.89. The minimum Gasteiger partial charge on any atom is -0.464 e. The molecular weight excluding hydrogens is 294 g/mol. The van der Waals surface area contributed by atoms with Gasteiger partial charge in [-0.25, -0.2) is 4.79 Å². The fourth-order valence-corrected chi connectivity index (χ4v) is 3.43. The molecule has 2 fully saturated rings. The predicted molar refractivity (Wildman–Crippen MR) is 84.7 cm³/mol. The normalized spacial score (nSPS) is 18.7. The van der Waals surface area contributed by atoms with Crippen molar-refractivity contribution in [3.8, 4) is 0 Å². The first kappa shape index (κ1) is 16.0. The molecule has 1 aromatic rings. The number of nitrogens with one attached hydrogen (secondary N) is 1. The van der Waals surface area contributed by atoms with Crippen molar-refractivity contribution in [2.75, 3.05) is 6.61 Å². The summed E-state index contributed by atoms with van der Waals surface area (Å²) < 4.78 is 6.88. The molecule has 3 rings (SSSR count). The zero-order valence-electron chi connectivity index (χ0n) is 13.8. The van der Waals surface area contributed by atoms with Gasteiger partial charge in [-0.2, -0.15) is 5.10 Å². The molecule has 2 aliphatic rings. The Labute approximate surface area is 136 Å². The molecule has 1 atom stereocenters. The van der Waals surface area contributed by atoms with E-state index in [1.54, 1.807) is 23.9 Å². The maximum absolute atomic E-state index is 12.6. The maximum atomic E-state index is 12.6. The van der Waals surface area contributed by atoms with Crippen molar-refractivity contribution in [1.82, 2.24) is 15.1 Å². The second-order valence-corrected chi connectivity index (χ2v) is 6.49. The monoisotopic (exact) mass is 319 g/mol. The Balaban J connectivity index is 1.77. The van der Waals surface area contributed by atoms with Crippen LogP contribution in [0.2, 0.25) is 0 Å². The summed E-state index contributed by atoms with van der Waals surface area (Å²) in [5.41, 5.74) is 0.493. The number of carbonyl (C=O) groups is 2. The quantitative estimate of drug-likeness (QED) is 0.744. The van der Waals surface area contributed by atoms with Crippen molar-refractivity contribution >= 4 is 11.9 Å². The van der Waals surface area contributed by atoms with Gasteiger partial charge in [-0.3, -0.25) is 9.48 Å². The van der Waals surface area contributed by atoms with Crippen molar-refractivity contribution in [3.63, 3.8) is 0 Å². The van der Waals surface area contributed by atoms with E-state index < -0.39 is 6.04 Å². The lowest BCUT2D eigenvalue weighted by Crippen LogP contribution is -2.48. The van der Waals surface area contributed by atoms with Crippen LogP contribution in [0.5, 0.6) is 0 Å². The molecular formula is C17H25N3O3. The number of amides is 1. The molecule has 1 aromatic heterocycles. The Kier molecular flexibility index (Phi) is 4.68. The van der Waals surface area contributed by atoms with E-state index in [2.05, 4.69) is 10.4 Å². The van der Waals surface area contributed by atoms with Gasteiger partial charge in [-0.15, -0.1) is 0 Å². The molecule has 0 aliphatic heterocycles. The van der Waals surface area contributed by atoms with Crippen LogP contribution < -0.4 is 5.32 Å². The molecule has 6 nitrogen and oxygen atoms in total. The topological polar surface area (TPSA) is 73.2 Å². The molecule has 0 radical (unpaired) electrons. The van der Waals surface area contributed by atoms with Crippen LogP contribution in [-0.2, 0) is 16.1 Å². The number of carbonyl (C=O) groups excluding carboxylic acids is 2. The van der Waals surface area contributed by atoms with Gasteiger partial charge in [-0.05, 0) is 63.4 Å². The van der Waals surface area contributed by atoms with Crippen LogP contribution in [0.25, 0.3) is 0 Å². The lowest BCUT2D eigenvalue weighted by Gasteiger charge is -2.26. The largest absolute Gasteiger partial charge is 0.464 e. The van der Waals surface area contributed by atoms with Gasteiger partial charge in [0.05, 0.1) is 6.61 Å². The molecule has 0 saturated heterocycles. The molecule has 1 N–H and O–H groups in total. The maximum Gasteiger partial charge on any atom is 0.328 e. The summed E-state index contributed by atoms with van der Waals surface area (Å²) in [7, 11) is 0. The van der Waals surface area contributed by atoms with E-state index in [1.807, 2.05) is 6.92 Å². The number of ether oxygens (including phenoxy) is 1. The summed E-state index contributed by atoms with van der Waals surface area (Å²) in [6.45, 7) is 4.69. The molecule has 1 unspecified atom stereocenters. The molecule has 126 valence electrons. The first-order chi connectivity index (χ1) is 11.2. The zero-order valence-corrected chi connectivity index (χ0v) is 13.8. The standard InChI is InChI=1S/C17H25N3O3/c1-3-20-13(9-10-18-20)16(21)19-15(17(22)23-4-2)14(11-5-6-11)12-7-8-12/h9-12,14-15H,3-8H2,1-2H3,(H,19,21). The summed E-state index contributed by atoms with van der Waals surface area (Å²) >= 11 is 0. The van der Waals surface area contributed by atoms with Crippen molar-refractivity contribution in [1.29, 1.82) is 0 Å². The van der Waals surface area contributed by atoms with E-state index in [0.29, 0.717) is 30.7 Å². The minimum absolute atomic E-state index is 0.219. The fraction of sp³-hybridized carbons (Fsp3) is 0.706. The lowest BCUT2D eigenvalue weighted by molar-refractivity contribution is -0.147. The fourth-order valence-electron chi connectivity index (χ4n) is 3.43. The van der Waals surface area contributed by atoms with Gasteiger partial charge in [-0.1, -0.05) is 0 Å². The predicted octanol–water partition coefficient (Wildman–Crippen LogP) is 2.00. The van der Waals surface area contributed by atoms with Crippen LogP contribution >= 0.6 is 0 Å². The third-order valence-electron chi connectivity index (χ3n) is 4.79. The Morgan fingerprint density at radius 1 is 1.30 bits per heavy atom. The highest BCUT2D eigenvalue weighted by Gasteiger charge is 2.49. The van der Waals surface area contributed by atoms with Gasteiger partial charge < -0.3 is 10.1 Å². The molecule has 2 saturated carbocycles. The van der Waals surface area contributed by atoms with Crippen LogP contribution in [0, 0.1) is 17.8 Å². The Hall–Kier alpha value is -1.85. The third kappa shape index (κ3) is 3.57. The van der Waals surface area contributed by atoms with Crippen molar-refractivity contribution in [2.45, 2.75) is 52.1 Å². The van der Waals surface area contributed by atoms with Gasteiger partial charge in [0.15, 0.2) is 0 Å². The van der Waals surface area contributed by atoms with Crippen LogP contribution in [0.15, 0.2) is 12.3 Å². The number of rotatable bonds is 8. The van der Waals surface area contributed by atoms with Crippen molar-refractivity contribution < 1.29 is 14.3 Å². The average molecular weight is 319 g/mol. The van der Waals surface area contributed by atoms with Crippen LogP contribution in [-0.4, -0.2) is 34.3 Å². The minimum atomic E-state index is -0.539. The van der Waals surface area contributed by atoms with Crippen LogP contribution in [0.1, 0.15) is 50.0 Å². The molecule has 0 spiro atoms. The molecule has 6 heteroatoms. The first-order valence-electron chi connectivity index (χ1n) is 8.65. The molecule has 1 heterocycles. The summed E-state index contributed by atoms with van der Waals surface area (Å²) in [5, 5.41) is 7.07. The SMILES string of the molecule is CCOC(=O)C(NC(=O)c1ccnn1CC)C(C1CC1)C1CC1. The second-order valence-electron chi connectivity index (χ2n) is 6.49. The number of hydrogen-bond donors (Lipinski definition) is 1. The van der Waals surface area contributed by atoms with Crippen molar-refractivity contribution in [3.05, 3.63) is 18.0 Å². The van der Waals surface area contributed by atoms with Gasteiger partial charge >= 0.3 is 5.97 Å². The van der Waals surface area contributed by atoms with E-state index in [9.17, 15) is 9.59 Å². The second kappa shape index (κ2) is 6.72. The number of nitrogens with zero attached hydrogens (tertiary/aromatic N) is 2. The summed E-state index contributed by atoms with van der Waals surface area (Å²) in [6.07, 6.45) is 6.22. The van der Waals surface area contributed by atoms with E-state index >= 15 is 0 Å². The van der Waals surface area contributed by atoms with E-state index in [0.717, 1.165) is 25.7 Å². The molecule has 1 amide bonds. The summed E-state index contributed by atoms with van der Waals surface area (Å²) in [6, 6.07) is 1.15. The Morgan fingerprint density at radius 3 is 2.48 bits per heavy atom. The average Bonchev–Trinajstić information content (AvgIpc) is 3.47. The van der Waals surface area contributed by atoms with Crippen LogP contribution in [0.4, 0.5) is 0 Å². The van der Waals surface area contributed by atoms with Gasteiger partial charge in [0.25, 0.3) is 5.91 Å². The van der Waals surface area contributed by atoms with Crippen LogP contribution in [0.3, 0.4) is 0 Å². The third-order valence-corrected chi connectivity index (χ3v) is 4.79. The number of aryl methyl sites for hydroxylation is 1.